The van der Waals surface area contributed by atoms with Crippen LogP contribution in [0.4, 0.5) is 0 Å². The second-order valence-electron chi connectivity index (χ2n) is 5.93. The number of aliphatic hydroxyl groups excluding tert-OH is 1. The number of rotatable bonds is 7. The summed E-state index contributed by atoms with van der Waals surface area (Å²) in [6, 6.07) is 0. The Morgan fingerprint density at radius 1 is 1.50 bits per heavy atom. The van der Waals surface area contributed by atoms with Crippen LogP contribution in [-0.4, -0.2) is 51.8 Å². The number of carbonyl (C=O) groups is 1. The molecule has 1 aromatic rings. The summed E-state index contributed by atoms with van der Waals surface area (Å²) in [6.45, 7) is 5.14. The molecule has 6 heteroatoms. The van der Waals surface area contributed by atoms with Crippen molar-refractivity contribution in [2.45, 2.75) is 38.7 Å². The van der Waals surface area contributed by atoms with Gasteiger partial charge in [-0.3, -0.25) is 4.79 Å². The highest BCUT2D eigenvalue weighted by Gasteiger charge is 2.28. The molecule has 0 amide bonds. The Balaban J connectivity index is 1.69. The van der Waals surface area contributed by atoms with Crippen LogP contribution >= 0.6 is 0 Å². The summed E-state index contributed by atoms with van der Waals surface area (Å²) in [5.41, 5.74) is 0. The van der Waals surface area contributed by atoms with E-state index in [4.69, 9.17) is 4.74 Å². The van der Waals surface area contributed by atoms with Crippen LogP contribution in [0.2, 0.25) is 0 Å². The normalized spacial score (nSPS) is 18.3. The first-order valence-corrected chi connectivity index (χ1v) is 8.15. The number of imidazole rings is 1. The van der Waals surface area contributed by atoms with E-state index in [-0.39, 0.29) is 11.9 Å². The molecular formula is C16H27N3O3. The molecule has 1 aromatic heterocycles. The number of hydrogen-bond donors (Lipinski definition) is 1. The van der Waals surface area contributed by atoms with Crippen LogP contribution in [0.3, 0.4) is 0 Å². The molecule has 6 nitrogen and oxygen atoms in total. The highest BCUT2D eigenvalue weighted by molar-refractivity contribution is 5.69. The highest BCUT2D eigenvalue weighted by atomic mass is 16.5. The molecule has 0 aliphatic carbocycles. The summed E-state index contributed by atoms with van der Waals surface area (Å²) in [7, 11) is 1.91. The van der Waals surface area contributed by atoms with Crippen molar-refractivity contribution in [3.05, 3.63) is 18.2 Å². The molecule has 0 radical (unpaired) electrons. The minimum Gasteiger partial charge on any atom is -0.466 e. The number of aromatic nitrogens is 2. The first-order valence-electron chi connectivity index (χ1n) is 8.15. The lowest BCUT2D eigenvalue weighted by Crippen LogP contribution is -2.36. The van der Waals surface area contributed by atoms with Crippen molar-refractivity contribution in [3.8, 4) is 0 Å². The SMILES string of the molecule is CCOC(=O)CCCN1CCC(C(O)c2nccn2C)CC1. The maximum Gasteiger partial charge on any atom is 0.305 e. The predicted molar refractivity (Wildman–Crippen MR) is 83.2 cm³/mol. The van der Waals surface area contributed by atoms with Gasteiger partial charge >= 0.3 is 5.97 Å². The Morgan fingerprint density at radius 3 is 2.82 bits per heavy atom. The van der Waals surface area contributed by atoms with E-state index in [1.165, 1.54) is 0 Å². The van der Waals surface area contributed by atoms with E-state index in [9.17, 15) is 9.90 Å². The molecule has 1 unspecified atom stereocenters. The Kier molecular flexibility index (Phi) is 6.39. The van der Waals surface area contributed by atoms with Crippen LogP contribution < -0.4 is 0 Å². The van der Waals surface area contributed by atoms with Crippen molar-refractivity contribution in [2.75, 3.05) is 26.2 Å². The van der Waals surface area contributed by atoms with Gasteiger partial charge in [0.25, 0.3) is 0 Å². The molecule has 2 rings (SSSR count). The standard InChI is InChI=1S/C16H27N3O3/c1-3-22-14(20)5-4-9-19-10-6-13(7-11-19)15(21)16-17-8-12-18(16)2/h8,12-13,15,21H,3-7,9-11H2,1-2H3. The molecule has 0 spiro atoms. The van der Waals surface area contributed by atoms with Gasteiger partial charge in [-0.1, -0.05) is 0 Å². The van der Waals surface area contributed by atoms with E-state index >= 15 is 0 Å². The summed E-state index contributed by atoms with van der Waals surface area (Å²) in [4.78, 5) is 17.9. The van der Waals surface area contributed by atoms with E-state index < -0.39 is 6.10 Å². The van der Waals surface area contributed by atoms with Crippen LogP contribution in [-0.2, 0) is 16.6 Å². The topological polar surface area (TPSA) is 67.6 Å². The average Bonchev–Trinajstić information content (AvgIpc) is 2.94. The monoisotopic (exact) mass is 309 g/mol. The molecule has 124 valence electrons. The number of aliphatic hydroxyl groups is 1. The van der Waals surface area contributed by atoms with Crippen molar-refractivity contribution in [2.24, 2.45) is 13.0 Å². The molecule has 1 aliphatic heterocycles. The highest BCUT2D eigenvalue weighted by Crippen LogP contribution is 2.29. The molecule has 1 atom stereocenters. The van der Waals surface area contributed by atoms with Gasteiger partial charge in [0.15, 0.2) is 0 Å². The number of ether oxygens (including phenoxy) is 1. The Morgan fingerprint density at radius 2 is 2.23 bits per heavy atom. The molecule has 2 heterocycles. The number of piperidine rings is 1. The second-order valence-corrected chi connectivity index (χ2v) is 5.93. The predicted octanol–water partition coefficient (Wildman–Crippen LogP) is 1.51. The molecular weight excluding hydrogens is 282 g/mol. The van der Waals surface area contributed by atoms with Gasteiger partial charge in [0.1, 0.15) is 11.9 Å². The zero-order chi connectivity index (χ0) is 15.9. The van der Waals surface area contributed by atoms with Gasteiger partial charge in [-0.2, -0.15) is 0 Å². The fourth-order valence-electron chi connectivity index (χ4n) is 3.05. The number of likely N-dealkylation sites (tertiary alicyclic amines) is 1. The van der Waals surface area contributed by atoms with Crippen molar-refractivity contribution in [1.29, 1.82) is 0 Å². The van der Waals surface area contributed by atoms with Gasteiger partial charge < -0.3 is 19.3 Å². The molecule has 22 heavy (non-hydrogen) atoms. The summed E-state index contributed by atoms with van der Waals surface area (Å²) < 4.78 is 6.82. The number of aryl methyl sites for hydroxylation is 1. The molecule has 1 aliphatic rings. The lowest BCUT2D eigenvalue weighted by Gasteiger charge is -2.33. The van der Waals surface area contributed by atoms with Gasteiger partial charge in [0.05, 0.1) is 6.61 Å². The molecule has 1 saturated heterocycles. The molecule has 0 saturated carbocycles. The average molecular weight is 309 g/mol. The summed E-state index contributed by atoms with van der Waals surface area (Å²) in [5, 5.41) is 10.4. The van der Waals surface area contributed by atoms with Crippen molar-refractivity contribution in [3.63, 3.8) is 0 Å². The third-order valence-electron chi connectivity index (χ3n) is 4.36. The molecule has 1 N–H and O–H groups in total. The lowest BCUT2D eigenvalue weighted by atomic mass is 9.90. The van der Waals surface area contributed by atoms with E-state index in [1.54, 1.807) is 6.20 Å². The number of carbonyl (C=O) groups excluding carboxylic acids is 1. The quantitative estimate of drug-likeness (QED) is 0.773. The molecule has 0 aromatic carbocycles. The maximum atomic E-state index is 11.3. The van der Waals surface area contributed by atoms with Gasteiger partial charge in [-0.15, -0.1) is 0 Å². The number of hydrogen-bond acceptors (Lipinski definition) is 5. The largest absolute Gasteiger partial charge is 0.466 e. The zero-order valence-electron chi connectivity index (χ0n) is 13.6. The first kappa shape index (κ1) is 17.0. The van der Waals surface area contributed by atoms with Gasteiger partial charge in [-0.25, -0.2) is 4.98 Å². The van der Waals surface area contributed by atoms with Crippen LogP contribution in [0.25, 0.3) is 0 Å². The zero-order valence-corrected chi connectivity index (χ0v) is 13.6. The number of nitrogens with zero attached hydrogens (tertiary/aromatic N) is 3. The maximum absolute atomic E-state index is 11.3. The van der Waals surface area contributed by atoms with E-state index in [1.807, 2.05) is 24.7 Å². The Bertz CT molecular complexity index is 467. The lowest BCUT2D eigenvalue weighted by molar-refractivity contribution is -0.143. The Hall–Kier alpha value is -1.40. The fourth-order valence-corrected chi connectivity index (χ4v) is 3.05. The third kappa shape index (κ3) is 4.55. The smallest absolute Gasteiger partial charge is 0.305 e. The van der Waals surface area contributed by atoms with E-state index in [2.05, 4.69) is 9.88 Å². The van der Waals surface area contributed by atoms with E-state index in [0.29, 0.717) is 13.0 Å². The molecule has 1 fully saturated rings. The summed E-state index contributed by atoms with van der Waals surface area (Å²) in [5.74, 6) is 0.908. The molecule has 0 bridgehead atoms. The fraction of sp³-hybridized carbons (Fsp3) is 0.750. The van der Waals surface area contributed by atoms with Crippen LogP contribution in [0.5, 0.6) is 0 Å². The summed E-state index contributed by atoms with van der Waals surface area (Å²) >= 11 is 0. The van der Waals surface area contributed by atoms with Crippen molar-refractivity contribution >= 4 is 5.97 Å². The van der Waals surface area contributed by atoms with Gasteiger partial charge in [0, 0.05) is 25.9 Å². The minimum absolute atomic E-state index is 0.109. The minimum atomic E-state index is -0.485. The third-order valence-corrected chi connectivity index (χ3v) is 4.36. The summed E-state index contributed by atoms with van der Waals surface area (Å²) in [6.07, 6.45) is 6.36. The first-order chi connectivity index (χ1) is 10.6. The Labute approximate surface area is 132 Å². The van der Waals surface area contributed by atoms with Crippen molar-refractivity contribution in [1.82, 2.24) is 14.5 Å². The van der Waals surface area contributed by atoms with Gasteiger partial charge in [-0.05, 0) is 51.7 Å². The van der Waals surface area contributed by atoms with Crippen molar-refractivity contribution < 1.29 is 14.6 Å². The van der Waals surface area contributed by atoms with Crippen LogP contribution in [0.1, 0.15) is 44.5 Å². The van der Waals surface area contributed by atoms with Crippen LogP contribution in [0.15, 0.2) is 12.4 Å². The second kappa shape index (κ2) is 8.29. The van der Waals surface area contributed by atoms with Crippen LogP contribution in [0, 0.1) is 5.92 Å². The number of esters is 1. The van der Waals surface area contributed by atoms with E-state index in [0.717, 1.165) is 44.7 Å². The van der Waals surface area contributed by atoms with Gasteiger partial charge in [0.2, 0.25) is 0 Å².